The van der Waals surface area contributed by atoms with Crippen molar-refractivity contribution in [2.24, 2.45) is 0 Å². The summed E-state index contributed by atoms with van der Waals surface area (Å²) in [7, 11) is 3.06. The number of morpholine rings is 1. The predicted octanol–water partition coefficient (Wildman–Crippen LogP) is 2.50. The van der Waals surface area contributed by atoms with Crippen molar-refractivity contribution in [3.63, 3.8) is 0 Å². The molecule has 0 aliphatic carbocycles. The van der Waals surface area contributed by atoms with Crippen molar-refractivity contribution in [1.82, 2.24) is 9.80 Å². The summed E-state index contributed by atoms with van der Waals surface area (Å²) in [5.41, 5.74) is 2.16. The summed E-state index contributed by atoms with van der Waals surface area (Å²) >= 11 is 0. The molecule has 0 aromatic heterocycles. The van der Waals surface area contributed by atoms with Gasteiger partial charge in [0.1, 0.15) is 11.5 Å². The maximum atomic E-state index is 13.5. The molecule has 1 saturated heterocycles. The molecule has 0 spiro atoms. The Kier molecular flexibility index (Phi) is 6.41. The van der Waals surface area contributed by atoms with Gasteiger partial charge in [-0.25, -0.2) is 4.39 Å². The number of carbonyl (C=O) groups excluding carboxylic acids is 2. The Labute approximate surface area is 186 Å². The van der Waals surface area contributed by atoms with Gasteiger partial charge in [-0.05, 0) is 41.8 Å². The van der Waals surface area contributed by atoms with Crippen molar-refractivity contribution < 1.29 is 28.2 Å². The second kappa shape index (κ2) is 9.40. The highest BCUT2D eigenvalue weighted by atomic mass is 19.1. The number of ether oxygens (including phenoxy) is 3. The van der Waals surface area contributed by atoms with Crippen LogP contribution in [0.1, 0.15) is 11.1 Å². The molecule has 2 aromatic rings. The Morgan fingerprint density at radius 1 is 0.938 bits per heavy atom. The molecule has 8 heteroatoms. The van der Waals surface area contributed by atoms with Gasteiger partial charge in [0.05, 0.1) is 33.0 Å². The number of nitrogens with zero attached hydrogens (tertiary/aromatic N) is 2. The lowest BCUT2D eigenvalue weighted by Crippen LogP contribution is -2.40. The van der Waals surface area contributed by atoms with Crippen LogP contribution in [-0.4, -0.2) is 68.7 Å². The number of carbonyl (C=O) groups is 2. The van der Waals surface area contributed by atoms with Crippen LogP contribution in [0.2, 0.25) is 0 Å². The fraction of sp³-hybridized carbons (Fsp3) is 0.333. The summed E-state index contributed by atoms with van der Waals surface area (Å²) in [6, 6.07) is 11.2. The molecule has 2 heterocycles. The standard InChI is InChI=1S/C24H25FN2O5/c1-30-19-8-5-17(15-20(19)31-2)21-22(26-11-13-32-14-12-26)24(29)27(23(21)28)10-9-16-3-6-18(25)7-4-16/h3-8,15H,9-14H2,1-2H3. The van der Waals surface area contributed by atoms with Gasteiger partial charge in [0, 0.05) is 19.6 Å². The molecule has 32 heavy (non-hydrogen) atoms. The summed E-state index contributed by atoms with van der Waals surface area (Å²) in [6.45, 7) is 2.22. The second-order valence-corrected chi connectivity index (χ2v) is 7.53. The molecule has 0 unspecified atom stereocenters. The largest absolute Gasteiger partial charge is 0.493 e. The highest BCUT2D eigenvalue weighted by Crippen LogP contribution is 2.36. The molecular formula is C24H25FN2O5. The number of benzene rings is 2. The highest BCUT2D eigenvalue weighted by Gasteiger charge is 2.41. The third-order valence-corrected chi connectivity index (χ3v) is 5.68. The van der Waals surface area contributed by atoms with Gasteiger partial charge < -0.3 is 19.1 Å². The first-order chi connectivity index (χ1) is 15.5. The van der Waals surface area contributed by atoms with Crippen molar-refractivity contribution in [2.45, 2.75) is 6.42 Å². The molecule has 0 bridgehead atoms. The second-order valence-electron chi connectivity index (χ2n) is 7.53. The summed E-state index contributed by atoms with van der Waals surface area (Å²) in [5, 5.41) is 0. The predicted molar refractivity (Wildman–Crippen MR) is 116 cm³/mol. The number of hydrogen-bond acceptors (Lipinski definition) is 6. The van der Waals surface area contributed by atoms with Crippen LogP contribution in [0.5, 0.6) is 11.5 Å². The van der Waals surface area contributed by atoms with Crippen LogP contribution in [0.4, 0.5) is 4.39 Å². The zero-order chi connectivity index (χ0) is 22.7. The number of hydrogen-bond donors (Lipinski definition) is 0. The number of imide groups is 1. The maximum absolute atomic E-state index is 13.5. The minimum absolute atomic E-state index is 0.202. The van der Waals surface area contributed by atoms with E-state index in [1.165, 1.54) is 31.3 Å². The van der Waals surface area contributed by atoms with Gasteiger partial charge in [0.25, 0.3) is 11.8 Å². The van der Waals surface area contributed by atoms with Gasteiger partial charge in [0.2, 0.25) is 0 Å². The fourth-order valence-electron chi connectivity index (χ4n) is 3.99. The summed E-state index contributed by atoms with van der Waals surface area (Å²) in [4.78, 5) is 30.0. The van der Waals surface area contributed by atoms with E-state index in [4.69, 9.17) is 14.2 Å². The zero-order valence-corrected chi connectivity index (χ0v) is 18.1. The molecule has 0 saturated carbocycles. The Balaban J connectivity index is 1.68. The molecule has 2 aliphatic heterocycles. The number of methoxy groups -OCH3 is 2. The lowest BCUT2D eigenvalue weighted by molar-refractivity contribution is -0.137. The SMILES string of the molecule is COc1ccc(C2=C(N3CCOCC3)C(=O)N(CCc3ccc(F)cc3)C2=O)cc1OC. The molecular weight excluding hydrogens is 415 g/mol. The van der Waals surface area contributed by atoms with E-state index in [-0.39, 0.29) is 24.2 Å². The zero-order valence-electron chi connectivity index (χ0n) is 18.1. The van der Waals surface area contributed by atoms with Crippen LogP contribution in [-0.2, 0) is 20.7 Å². The van der Waals surface area contributed by atoms with Crippen LogP contribution >= 0.6 is 0 Å². The number of halogens is 1. The summed E-state index contributed by atoms with van der Waals surface area (Å²) < 4.78 is 29.3. The van der Waals surface area contributed by atoms with Crippen molar-refractivity contribution >= 4 is 17.4 Å². The van der Waals surface area contributed by atoms with Crippen LogP contribution in [0.3, 0.4) is 0 Å². The Bertz CT molecular complexity index is 1040. The Hall–Kier alpha value is -3.39. The fourth-order valence-corrected chi connectivity index (χ4v) is 3.99. The van der Waals surface area contributed by atoms with Crippen molar-refractivity contribution in [2.75, 3.05) is 47.1 Å². The molecule has 7 nitrogen and oxygen atoms in total. The maximum Gasteiger partial charge on any atom is 0.277 e. The minimum atomic E-state index is -0.356. The average molecular weight is 440 g/mol. The van der Waals surface area contributed by atoms with Crippen LogP contribution in [0, 0.1) is 5.82 Å². The third kappa shape index (κ3) is 4.18. The van der Waals surface area contributed by atoms with E-state index in [9.17, 15) is 14.0 Å². The van der Waals surface area contributed by atoms with Crippen LogP contribution in [0.15, 0.2) is 48.2 Å². The first kappa shape index (κ1) is 21.8. The average Bonchev–Trinajstić information content (AvgIpc) is 3.08. The first-order valence-corrected chi connectivity index (χ1v) is 10.4. The van der Waals surface area contributed by atoms with E-state index in [0.717, 1.165) is 5.56 Å². The topological polar surface area (TPSA) is 68.3 Å². The lowest BCUT2D eigenvalue weighted by Gasteiger charge is -2.29. The normalized spacial score (nSPS) is 16.7. The van der Waals surface area contributed by atoms with E-state index >= 15 is 0 Å². The van der Waals surface area contributed by atoms with E-state index in [2.05, 4.69) is 0 Å². The summed E-state index contributed by atoms with van der Waals surface area (Å²) in [6.07, 6.45) is 0.438. The molecule has 4 rings (SSSR count). The Morgan fingerprint density at radius 2 is 1.62 bits per heavy atom. The monoisotopic (exact) mass is 440 g/mol. The van der Waals surface area contributed by atoms with Gasteiger partial charge >= 0.3 is 0 Å². The Morgan fingerprint density at radius 3 is 2.28 bits per heavy atom. The van der Waals surface area contributed by atoms with Gasteiger partial charge in [-0.15, -0.1) is 0 Å². The van der Waals surface area contributed by atoms with Gasteiger partial charge in [-0.1, -0.05) is 18.2 Å². The molecule has 0 N–H and O–H groups in total. The van der Waals surface area contributed by atoms with Crippen molar-refractivity contribution in [1.29, 1.82) is 0 Å². The summed E-state index contributed by atoms with van der Waals surface area (Å²) in [5.74, 6) is 0.00209. The molecule has 0 radical (unpaired) electrons. The van der Waals surface area contributed by atoms with Crippen molar-refractivity contribution in [3.05, 3.63) is 65.1 Å². The van der Waals surface area contributed by atoms with Gasteiger partial charge in [0.15, 0.2) is 11.5 Å². The molecule has 0 atom stereocenters. The smallest absolute Gasteiger partial charge is 0.277 e. The molecule has 2 amide bonds. The first-order valence-electron chi connectivity index (χ1n) is 10.4. The number of rotatable bonds is 7. The van der Waals surface area contributed by atoms with Crippen LogP contribution in [0.25, 0.3) is 5.57 Å². The van der Waals surface area contributed by atoms with Gasteiger partial charge in [-0.2, -0.15) is 0 Å². The molecule has 2 aliphatic rings. The quantitative estimate of drug-likeness (QED) is 0.617. The van der Waals surface area contributed by atoms with E-state index in [1.54, 1.807) is 30.3 Å². The molecule has 168 valence electrons. The van der Waals surface area contributed by atoms with E-state index in [1.807, 2.05) is 4.90 Å². The third-order valence-electron chi connectivity index (χ3n) is 5.68. The number of amides is 2. The van der Waals surface area contributed by atoms with Crippen LogP contribution < -0.4 is 9.47 Å². The molecule has 2 aromatic carbocycles. The minimum Gasteiger partial charge on any atom is -0.493 e. The highest BCUT2D eigenvalue weighted by molar-refractivity contribution is 6.35. The van der Waals surface area contributed by atoms with Gasteiger partial charge in [-0.3, -0.25) is 14.5 Å². The molecule has 1 fully saturated rings. The van der Waals surface area contributed by atoms with E-state index in [0.29, 0.717) is 61.1 Å². The van der Waals surface area contributed by atoms with E-state index < -0.39 is 0 Å². The van der Waals surface area contributed by atoms with Crippen molar-refractivity contribution in [3.8, 4) is 11.5 Å². The lowest BCUT2D eigenvalue weighted by atomic mass is 10.0.